The lowest BCUT2D eigenvalue weighted by Crippen LogP contribution is -2.31. The van der Waals surface area contributed by atoms with Gasteiger partial charge < -0.3 is 9.13 Å². The average Bonchev–Trinajstić information content (AvgIpc) is 3.67. The molecule has 6 heteroatoms. The van der Waals surface area contributed by atoms with Crippen LogP contribution in [-0.4, -0.2) is 0 Å². The number of nitrogens with zero attached hydrogens (tertiary/aromatic N) is 2. The molecule has 0 saturated heterocycles. The molecule has 0 atom stereocenters. The number of hydrogen-bond donors (Lipinski definition) is 0. The summed E-state index contributed by atoms with van der Waals surface area (Å²) in [5.74, 6) is 0. The molecule has 1 spiro atoms. The van der Waals surface area contributed by atoms with Crippen molar-refractivity contribution in [3.05, 3.63) is 192 Å². The Morgan fingerprint density at radius 2 is 0.733 bits per heavy atom. The van der Waals surface area contributed by atoms with E-state index in [0.29, 0.717) is 26.5 Å². The predicted molar refractivity (Wildman–Crippen MR) is 184 cm³/mol. The SMILES string of the molecule is O=P(C1=C(P(=O)(c2ccccc2)c2ccccc2)C2(N=N1)c1ccccc1-c1ccccc12)(c1ccccc1)c1ccccc1. The van der Waals surface area contributed by atoms with Gasteiger partial charge in [-0.25, -0.2) is 0 Å². The largest absolute Gasteiger partial charge is 0.309 e. The van der Waals surface area contributed by atoms with Crippen LogP contribution in [0.5, 0.6) is 0 Å². The van der Waals surface area contributed by atoms with Gasteiger partial charge in [-0.2, -0.15) is 5.11 Å². The van der Waals surface area contributed by atoms with Gasteiger partial charge in [-0.3, -0.25) is 0 Å². The molecule has 0 saturated carbocycles. The van der Waals surface area contributed by atoms with Crippen LogP contribution in [0.1, 0.15) is 11.1 Å². The number of hydrogen-bond acceptors (Lipinski definition) is 4. The summed E-state index contributed by atoms with van der Waals surface area (Å²) in [6.07, 6.45) is 0. The van der Waals surface area contributed by atoms with Crippen molar-refractivity contribution in [1.29, 1.82) is 0 Å². The number of rotatable bonds is 6. The lowest BCUT2D eigenvalue weighted by Gasteiger charge is -2.33. The van der Waals surface area contributed by atoms with Gasteiger partial charge in [0, 0.05) is 21.2 Å². The Bertz CT molecular complexity index is 2080. The van der Waals surface area contributed by atoms with Gasteiger partial charge in [0.2, 0.25) is 0 Å². The molecule has 216 valence electrons. The first-order valence-corrected chi connectivity index (χ1v) is 18.3. The molecule has 2 aliphatic rings. The summed E-state index contributed by atoms with van der Waals surface area (Å²) in [7, 11) is -7.49. The van der Waals surface area contributed by atoms with Crippen LogP contribution in [-0.2, 0) is 14.7 Å². The van der Waals surface area contributed by atoms with Gasteiger partial charge in [0.15, 0.2) is 19.8 Å². The van der Waals surface area contributed by atoms with Crippen molar-refractivity contribution in [3.63, 3.8) is 0 Å². The maximum atomic E-state index is 16.6. The molecule has 6 aromatic rings. The van der Waals surface area contributed by atoms with Crippen LogP contribution in [0.3, 0.4) is 0 Å². The Morgan fingerprint density at radius 3 is 1.13 bits per heavy atom. The van der Waals surface area contributed by atoms with E-state index in [2.05, 4.69) is 12.1 Å². The smallest absolute Gasteiger partial charge is 0.190 e. The first kappa shape index (κ1) is 27.7. The highest BCUT2D eigenvalue weighted by Crippen LogP contribution is 2.73. The fraction of sp³-hybridized carbons (Fsp3) is 0.0256. The molecule has 0 amide bonds. The summed E-state index contributed by atoms with van der Waals surface area (Å²) < 4.78 is 32.8. The Balaban J connectivity index is 1.60. The fourth-order valence-electron chi connectivity index (χ4n) is 6.89. The zero-order valence-corrected chi connectivity index (χ0v) is 26.1. The molecule has 0 fully saturated rings. The zero-order valence-electron chi connectivity index (χ0n) is 24.3. The second kappa shape index (κ2) is 10.6. The van der Waals surface area contributed by atoms with E-state index >= 15 is 9.13 Å². The minimum Gasteiger partial charge on any atom is -0.309 e. The number of azo groups is 1. The molecular weight excluding hydrogens is 590 g/mol. The monoisotopic (exact) mass is 618 g/mol. The fourth-order valence-corrected chi connectivity index (χ4v) is 13.4. The maximum Gasteiger partial charge on any atom is 0.190 e. The lowest BCUT2D eigenvalue weighted by atomic mass is 9.88. The third-order valence-corrected chi connectivity index (χ3v) is 15.2. The third kappa shape index (κ3) is 3.93. The van der Waals surface area contributed by atoms with Gasteiger partial charge in [-0.05, 0) is 22.3 Å². The summed E-state index contributed by atoms with van der Waals surface area (Å²) in [4.78, 5) is 0. The molecule has 4 nitrogen and oxygen atoms in total. The summed E-state index contributed by atoms with van der Waals surface area (Å²) >= 11 is 0. The summed E-state index contributed by atoms with van der Waals surface area (Å²) in [6.45, 7) is 0. The van der Waals surface area contributed by atoms with E-state index < -0.39 is 19.8 Å². The summed E-state index contributed by atoms with van der Waals surface area (Å²) in [5, 5.41) is 13.1. The Hall–Kier alpha value is -4.88. The second-order valence-corrected chi connectivity index (χ2v) is 16.6. The van der Waals surface area contributed by atoms with E-state index in [0.717, 1.165) is 22.3 Å². The lowest BCUT2D eigenvalue weighted by molar-refractivity contribution is 0.581. The van der Waals surface area contributed by atoms with Crippen molar-refractivity contribution in [3.8, 4) is 11.1 Å². The van der Waals surface area contributed by atoms with Crippen molar-refractivity contribution >= 4 is 35.5 Å². The van der Waals surface area contributed by atoms with Crippen LogP contribution in [0, 0.1) is 0 Å². The van der Waals surface area contributed by atoms with Crippen LogP contribution in [0.25, 0.3) is 11.1 Å². The molecular formula is C39H28N2O2P2. The molecule has 0 bridgehead atoms. The summed E-state index contributed by atoms with van der Waals surface area (Å²) in [5.41, 5.74) is 2.82. The number of benzene rings is 6. The van der Waals surface area contributed by atoms with Gasteiger partial charge in [-0.1, -0.05) is 170 Å². The third-order valence-electron chi connectivity index (χ3n) is 8.87. The molecule has 1 aliphatic carbocycles. The number of fused-ring (bicyclic) bond motifs is 5. The standard InChI is InChI=1S/C39H28N2O2P2/c42-44(29-17-5-1-6-18-29,30-19-7-2-8-20-30)37-38(45(43,31-21-9-3-10-22-31)32-23-11-4-12-24-32)40-41-39(37)35-27-15-13-25-33(35)34-26-14-16-28-36(34)39/h1-28H. The Morgan fingerprint density at radius 1 is 0.400 bits per heavy atom. The second-order valence-electron chi connectivity index (χ2n) is 11.2. The van der Waals surface area contributed by atoms with Crippen LogP contribution < -0.4 is 21.2 Å². The normalized spacial score (nSPS) is 14.8. The van der Waals surface area contributed by atoms with Crippen LogP contribution in [0.2, 0.25) is 0 Å². The van der Waals surface area contributed by atoms with Crippen LogP contribution >= 0.6 is 14.3 Å². The predicted octanol–water partition coefficient (Wildman–Crippen LogP) is 8.57. The molecule has 0 N–H and O–H groups in total. The molecule has 45 heavy (non-hydrogen) atoms. The zero-order chi connectivity index (χ0) is 30.5. The van der Waals surface area contributed by atoms with E-state index in [1.165, 1.54) is 0 Å². The minimum absolute atomic E-state index is 0.280. The van der Waals surface area contributed by atoms with Gasteiger partial charge in [0.25, 0.3) is 0 Å². The van der Waals surface area contributed by atoms with Gasteiger partial charge in [0.1, 0.15) is 5.44 Å². The molecule has 1 aliphatic heterocycles. The van der Waals surface area contributed by atoms with E-state index in [4.69, 9.17) is 10.2 Å². The first-order valence-electron chi connectivity index (χ1n) is 14.9. The van der Waals surface area contributed by atoms with Crippen LogP contribution in [0.15, 0.2) is 191 Å². The highest BCUT2D eigenvalue weighted by molar-refractivity contribution is 7.86. The molecule has 0 radical (unpaired) electrons. The molecule has 6 aromatic carbocycles. The minimum atomic E-state index is -3.77. The van der Waals surface area contributed by atoms with Gasteiger partial charge >= 0.3 is 0 Å². The molecule has 1 heterocycles. The van der Waals surface area contributed by atoms with Crippen molar-refractivity contribution in [1.82, 2.24) is 0 Å². The Kier molecular flexibility index (Phi) is 6.53. The quantitative estimate of drug-likeness (QED) is 0.176. The van der Waals surface area contributed by atoms with E-state index in [1.54, 1.807) is 0 Å². The van der Waals surface area contributed by atoms with Crippen molar-refractivity contribution < 1.29 is 9.13 Å². The van der Waals surface area contributed by atoms with E-state index in [1.807, 2.05) is 158 Å². The highest BCUT2D eigenvalue weighted by atomic mass is 31.2. The Labute approximate surface area is 262 Å². The maximum absolute atomic E-state index is 16.6. The molecule has 0 aromatic heterocycles. The topological polar surface area (TPSA) is 58.9 Å². The molecule has 8 rings (SSSR count). The van der Waals surface area contributed by atoms with Crippen molar-refractivity contribution in [2.75, 3.05) is 0 Å². The van der Waals surface area contributed by atoms with Crippen LogP contribution in [0.4, 0.5) is 0 Å². The first-order chi connectivity index (χ1) is 22.1. The summed E-state index contributed by atoms with van der Waals surface area (Å²) in [6, 6.07) is 54.3. The van der Waals surface area contributed by atoms with Crippen molar-refractivity contribution in [2.45, 2.75) is 5.54 Å². The van der Waals surface area contributed by atoms with Crippen molar-refractivity contribution in [2.24, 2.45) is 10.2 Å². The van der Waals surface area contributed by atoms with E-state index in [9.17, 15) is 0 Å². The van der Waals surface area contributed by atoms with Gasteiger partial charge in [-0.15, -0.1) is 5.11 Å². The average molecular weight is 619 g/mol. The highest BCUT2D eigenvalue weighted by Gasteiger charge is 2.59. The molecule has 0 unspecified atom stereocenters. The van der Waals surface area contributed by atoms with E-state index in [-0.39, 0.29) is 5.44 Å². The van der Waals surface area contributed by atoms with Gasteiger partial charge in [0.05, 0.1) is 5.31 Å².